The summed E-state index contributed by atoms with van der Waals surface area (Å²) in [7, 11) is 3.86. The van der Waals surface area contributed by atoms with E-state index in [1.165, 1.54) is 11.1 Å². The van der Waals surface area contributed by atoms with Crippen molar-refractivity contribution in [3.05, 3.63) is 71.3 Å². The monoisotopic (exact) mass is 502 g/mol. The molecular formula is C31H46N6. The summed E-state index contributed by atoms with van der Waals surface area (Å²) < 4.78 is 0. The van der Waals surface area contributed by atoms with E-state index in [0.29, 0.717) is 0 Å². The molecule has 0 amide bonds. The molecule has 0 aliphatic rings. The Morgan fingerprint density at radius 1 is 0.703 bits per heavy atom. The van der Waals surface area contributed by atoms with Crippen molar-refractivity contribution in [2.75, 3.05) is 36.6 Å². The maximum absolute atomic E-state index is 4.85. The smallest absolute Gasteiger partial charge is 0.125 e. The molecule has 0 bridgehead atoms. The molecule has 0 spiro atoms. The average molecular weight is 503 g/mol. The predicted molar refractivity (Wildman–Crippen MR) is 158 cm³/mol. The fraction of sp³-hybridized carbons (Fsp3) is 0.516. The van der Waals surface area contributed by atoms with Crippen molar-refractivity contribution < 1.29 is 0 Å². The van der Waals surface area contributed by atoms with E-state index in [4.69, 9.17) is 9.97 Å². The number of hydrogen-bond donors (Lipinski definition) is 3. The zero-order valence-corrected chi connectivity index (χ0v) is 24.3. The van der Waals surface area contributed by atoms with Gasteiger partial charge in [0, 0.05) is 55.5 Å². The zero-order valence-electron chi connectivity index (χ0n) is 24.3. The Hall–Kier alpha value is -3.15. The summed E-state index contributed by atoms with van der Waals surface area (Å²) in [6.45, 7) is 16.7. The third-order valence-corrected chi connectivity index (χ3v) is 7.71. The molecule has 0 aromatic carbocycles. The summed E-state index contributed by atoms with van der Waals surface area (Å²) in [5, 5.41) is 9.90. The maximum atomic E-state index is 4.85. The lowest BCUT2D eigenvalue weighted by Gasteiger charge is -2.31. The molecule has 3 heterocycles. The SMILES string of the molecule is CNc1cc(C)nc(C(C)(C)CCC(C)(C)c2ccc(NCCC(C)(C)c3ccnc(NC)c3)nc2)c1. The minimum Gasteiger partial charge on any atom is -0.388 e. The van der Waals surface area contributed by atoms with Gasteiger partial charge < -0.3 is 16.0 Å². The van der Waals surface area contributed by atoms with Crippen LogP contribution in [0.3, 0.4) is 0 Å². The molecular weight excluding hydrogens is 456 g/mol. The normalized spacial score (nSPS) is 12.4. The van der Waals surface area contributed by atoms with Gasteiger partial charge in [0.05, 0.1) is 0 Å². The van der Waals surface area contributed by atoms with E-state index in [1.807, 2.05) is 26.5 Å². The maximum Gasteiger partial charge on any atom is 0.125 e. The molecule has 6 nitrogen and oxygen atoms in total. The number of anilines is 3. The summed E-state index contributed by atoms with van der Waals surface area (Å²) in [5.74, 6) is 1.82. The lowest BCUT2D eigenvalue weighted by atomic mass is 9.74. The zero-order chi connectivity index (χ0) is 27.3. The third-order valence-electron chi connectivity index (χ3n) is 7.71. The van der Waals surface area contributed by atoms with Crippen molar-refractivity contribution in [3.63, 3.8) is 0 Å². The van der Waals surface area contributed by atoms with Crippen molar-refractivity contribution in [3.8, 4) is 0 Å². The molecule has 0 aliphatic heterocycles. The Labute approximate surface area is 224 Å². The minimum absolute atomic E-state index is 0.0145. The topological polar surface area (TPSA) is 74.8 Å². The molecule has 37 heavy (non-hydrogen) atoms. The molecule has 0 aliphatic carbocycles. The number of hydrogen-bond acceptors (Lipinski definition) is 6. The van der Waals surface area contributed by atoms with E-state index >= 15 is 0 Å². The molecule has 0 atom stereocenters. The van der Waals surface area contributed by atoms with Gasteiger partial charge in [0.1, 0.15) is 11.6 Å². The molecule has 3 N–H and O–H groups in total. The summed E-state index contributed by atoms with van der Waals surface area (Å²) in [4.78, 5) is 13.9. The molecule has 0 saturated heterocycles. The summed E-state index contributed by atoms with van der Waals surface area (Å²) in [6.07, 6.45) is 6.99. The van der Waals surface area contributed by atoms with E-state index in [-0.39, 0.29) is 16.2 Å². The van der Waals surface area contributed by atoms with Gasteiger partial charge in [0.25, 0.3) is 0 Å². The average Bonchev–Trinajstić information content (AvgIpc) is 2.87. The van der Waals surface area contributed by atoms with Crippen LogP contribution in [0, 0.1) is 6.92 Å². The first-order valence-electron chi connectivity index (χ1n) is 13.4. The minimum atomic E-state index is -0.0145. The molecule has 3 rings (SSSR count). The Morgan fingerprint density at radius 2 is 1.41 bits per heavy atom. The van der Waals surface area contributed by atoms with Crippen LogP contribution in [0.1, 0.15) is 83.3 Å². The number of nitrogens with one attached hydrogen (secondary N) is 3. The van der Waals surface area contributed by atoms with Gasteiger partial charge in [-0.3, -0.25) is 4.98 Å². The molecule has 0 unspecified atom stereocenters. The number of rotatable bonds is 12. The molecule has 0 radical (unpaired) electrons. The van der Waals surface area contributed by atoms with Gasteiger partial charge in [-0.25, -0.2) is 9.97 Å². The van der Waals surface area contributed by atoms with Crippen molar-refractivity contribution >= 4 is 17.3 Å². The standard InChI is InChI=1S/C31H46N6/c1-22-18-25(32-8)20-26(37-22)31(6,7)14-13-29(2,3)24-10-11-27(36-21-24)35-17-15-30(4,5)23-12-16-34-28(19-23)33-9/h10-12,16,18-21H,13-15,17H2,1-9H3,(H,32,37)(H,33,34)(H,35,36). The van der Waals surface area contributed by atoms with Gasteiger partial charge >= 0.3 is 0 Å². The van der Waals surface area contributed by atoms with Crippen molar-refractivity contribution in [2.24, 2.45) is 0 Å². The second-order valence-electron chi connectivity index (χ2n) is 12.1. The van der Waals surface area contributed by atoms with Crippen LogP contribution in [0.4, 0.5) is 17.3 Å². The Bertz CT molecular complexity index is 1160. The van der Waals surface area contributed by atoms with E-state index in [1.54, 1.807) is 0 Å². The Morgan fingerprint density at radius 3 is 2.05 bits per heavy atom. The van der Waals surface area contributed by atoms with Crippen molar-refractivity contribution in [1.82, 2.24) is 15.0 Å². The molecule has 3 aromatic rings. The predicted octanol–water partition coefficient (Wildman–Crippen LogP) is 7.08. The fourth-order valence-corrected chi connectivity index (χ4v) is 4.59. The Balaban J connectivity index is 1.58. The lowest BCUT2D eigenvalue weighted by Crippen LogP contribution is -2.25. The van der Waals surface area contributed by atoms with Gasteiger partial charge in [-0.2, -0.15) is 0 Å². The largest absolute Gasteiger partial charge is 0.388 e. The van der Waals surface area contributed by atoms with Crippen molar-refractivity contribution in [1.29, 1.82) is 0 Å². The number of aryl methyl sites for hydroxylation is 1. The van der Waals surface area contributed by atoms with Crippen LogP contribution in [-0.4, -0.2) is 35.6 Å². The molecule has 0 fully saturated rings. The van der Waals surface area contributed by atoms with Crippen molar-refractivity contribution in [2.45, 2.75) is 84.0 Å². The first kappa shape index (κ1) is 28.4. The summed E-state index contributed by atoms with van der Waals surface area (Å²) in [5.41, 5.74) is 5.90. The van der Waals surface area contributed by atoms with Gasteiger partial charge in [-0.05, 0) is 78.5 Å². The highest BCUT2D eigenvalue weighted by Gasteiger charge is 2.29. The lowest BCUT2D eigenvalue weighted by molar-refractivity contribution is 0.368. The van der Waals surface area contributed by atoms with Crippen LogP contribution >= 0.6 is 0 Å². The quantitative estimate of drug-likeness (QED) is 0.246. The molecule has 200 valence electrons. The van der Waals surface area contributed by atoms with E-state index in [0.717, 1.165) is 54.5 Å². The first-order chi connectivity index (χ1) is 17.4. The number of aromatic nitrogens is 3. The van der Waals surface area contributed by atoms with Gasteiger partial charge in [-0.1, -0.05) is 47.6 Å². The van der Waals surface area contributed by atoms with Crippen LogP contribution in [0.15, 0.2) is 48.8 Å². The highest BCUT2D eigenvalue weighted by Crippen LogP contribution is 2.36. The van der Waals surface area contributed by atoms with Crippen LogP contribution in [0.2, 0.25) is 0 Å². The van der Waals surface area contributed by atoms with E-state index < -0.39 is 0 Å². The summed E-state index contributed by atoms with van der Waals surface area (Å²) in [6, 6.07) is 12.8. The second-order valence-corrected chi connectivity index (χ2v) is 12.1. The van der Waals surface area contributed by atoms with Crippen LogP contribution in [0.5, 0.6) is 0 Å². The molecule has 6 heteroatoms. The first-order valence-corrected chi connectivity index (χ1v) is 13.4. The van der Waals surface area contributed by atoms with Crippen LogP contribution in [-0.2, 0) is 16.2 Å². The van der Waals surface area contributed by atoms with Gasteiger partial charge in [0.2, 0.25) is 0 Å². The summed E-state index contributed by atoms with van der Waals surface area (Å²) >= 11 is 0. The van der Waals surface area contributed by atoms with Crippen LogP contribution < -0.4 is 16.0 Å². The molecule has 0 saturated carbocycles. The highest BCUT2D eigenvalue weighted by atomic mass is 15.0. The third kappa shape index (κ3) is 7.43. The van der Waals surface area contributed by atoms with E-state index in [9.17, 15) is 0 Å². The Kier molecular flexibility index (Phi) is 8.83. The molecule has 3 aromatic heterocycles. The van der Waals surface area contributed by atoms with Gasteiger partial charge in [0.15, 0.2) is 0 Å². The van der Waals surface area contributed by atoms with Crippen LogP contribution in [0.25, 0.3) is 0 Å². The van der Waals surface area contributed by atoms with Gasteiger partial charge in [-0.15, -0.1) is 0 Å². The number of nitrogens with zero attached hydrogens (tertiary/aromatic N) is 3. The highest BCUT2D eigenvalue weighted by molar-refractivity contribution is 5.46. The fourth-order valence-electron chi connectivity index (χ4n) is 4.59. The second kappa shape index (κ2) is 11.5. The van der Waals surface area contributed by atoms with E-state index in [2.05, 4.69) is 106 Å². The number of pyridine rings is 3.